The smallest absolute Gasteiger partial charge is 0.223 e. The van der Waals surface area contributed by atoms with E-state index in [4.69, 9.17) is 16.3 Å². The fourth-order valence-corrected chi connectivity index (χ4v) is 2.95. The van der Waals surface area contributed by atoms with Crippen LogP contribution >= 0.6 is 11.6 Å². The van der Waals surface area contributed by atoms with Gasteiger partial charge in [0, 0.05) is 18.2 Å². The van der Waals surface area contributed by atoms with Crippen molar-refractivity contribution in [3.8, 4) is 5.75 Å². The summed E-state index contributed by atoms with van der Waals surface area (Å²) in [6, 6.07) is 7.13. The van der Waals surface area contributed by atoms with Crippen molar-refractivity contribution in [2.75, 3.05) is 19.8 Å². The van der Waals surface area contributed by atoms with Gasteiger partial charge >= 0.3 is 0 Å². The SMILES string of the molecule is O=C(CCOc1cccc(Cl)c1)NCC1CCCC1CO. The molecule has 0 radical (unpaired) electrons. The van der Waals surface area contributed by atoms with Crippen LogP contribution in [0, 0.1) is 11.8 Å². The van der Waals surface area contributed by atoms with Gasteiger partial charge in [-0.2, -0.15) is 0 Å². The van der Waals surface area contributed by atoms with Gasteiger partial charge in [0.1, 0.15) is 5.75 Å². The van der Waals surface area contributed by atoms with Gasteiger partial charge in [0.25, 0.3) is 0 Å². The first-order chi connectivity index (χ1) is 10.2. The molecule has 1 saturated carbocycles. The van der Waals surface area contributed by atoms with Crippen molar-refractivity contribution in [1.82, 2.24) is 5.32 Å². The molecular formula is C16H22ClNO3. The van der Waals surface area contributed by atoms with Crippen LogP contribution in [0.3, 0.4) is 0 Å². The molecule has 0 spiro atoms. The van der Waals surface area contributed by atoms with Gasteiger partial charge in [-0.05, 0) is 42.9 Å². The molecule has 2 N–H and O–H groups in total. The number of hydrogen-bond donors (Lipinski definition) is 2. The lowest BCUT2D eigenvalue weighted by Gasteiger charge is -2.17. The van der Waals surface area contributed by atoms with Gasteiger partial charge in [-0.3, -0.25) is 4.79 Å². The number of hydrogen-bond acceptors (Lipinski definition) is 3. The second-order valence-electron chi connectivity index (χ2n) is 5.49. The number of ether oxygens (including phenoxy) is 1. The summed E-state index contributed by atoms with van der Waals surface area (Å²) in [7, 11) is 0. The van der Waals surface area contributed by atoms with Crippen molar-refractivity contribution in [3.63, 3.8) is 0 Å². The quantitative estimate of drug-likeness (QED) is 0.814. The maximum absolute atomic E-state index is 11.8. The Morgan fingerprint density at radius 3 is 2.95 bits per heavy atom. The topological polar surface area (TPSA) is 58.6 Å². The van der Waals surface area contributed by atoms with Crippen molar-refractivity contribution in [2.45, 2.75) is 25.7 Å². The predicted molar refractivity (Wildman–Crippen MR) is 82.5 cm³/mol. The zero-order valence-electron chi connectivity index (χ0n) is 12.1. The zero-order valence-corrected chi connectivity index (χ0v) is 12.8. The largest absolute Gasteiger partial charge is 0.493 e. The Kier molecular flexibility index (Phi) is 6.33. The Hall–Kier alpha value is -1.26. The predicted octanol–water partition coefficient (Wildman–Crippen LogP) is 2.63. The molecule has 4 nitrogen and oxygen atoms in total. The molecule has 1 aliphatic carbocycles. The normalized spacial score (nSPS) is 21.2. The summed E-state index contributed by atoms with van der Waals surface area (Å²) < 4.78 is 5.49. The van der Waals surface area contributed by atoms with E-state index in [1.54, 1.807) is 12.1 Å². The molecule has 1 amide bonds. The molecule has 2 atom stereocenters. The number of carbonyl (C=O) groups excluding carboxylic acids is 1. The van der Waals surface area contributed by atoms with E-state index < -0.39 is 0 Å². The summed E-state index contributed by atoms with van der Waals surface area (Å²) in [6.07, 6.45) is 3.62. The minimum Gasteiger partial charge on any atom is -0.493 e. The van der Waals surface area contributed by atoms with Gasteiger partial charge in [0.15, 0.2) is 0 Å². The highest BCUT2D eigenvalue weighted by Gasteiger charge is 2.26. The molecule has 0 aliphatic heterocycles. The van der Waals surface area contributed by atoms with Crippen LogP contribution in [-0.4, -0.2) is 30.8 Å². The Bertz CT molecular complexity index is 467. The van der Waals surface area contributed by atoms with E-state index in [-0.39, 0.29) is 12.5 Å². The summed E-state index contributed by atoms with van der Waals surface area (Å²) in [5, 5.41) is 12.8. The molecular weight excluding hydrogens is 290 g/mol. The average Bonchev–Trinajstić information content (AvgIpc) is 2.92. The third-order valence-corrected chi connectivity index (χ3v) is 4.24. The first-order valence-corrected chi connectivity index (χ1v) is 7.82. The molecule has 1 aromatic carbocycles. The van der Waals surface area contributed by atoms with Crippen LogP contribution in [0.15, 0.2) is 24.3 Å². The minimum atomic E-state index is -0.0133. The monoisotopic (exact) mass is 311 g/mol. The van der Waals surface area contributed by atoms with E-state index in [2.05, 4.69) is 5.32 Å². The number of halogens is 1. The molecule has 0 bridgehead atoms. The van der Waals surface area contributed by atoms with E-state index in [9.17, 15) is 9.90 Å². The molecule has 0 aromatic heterocycles. The van der Waals surface area contributed by atoms with Crippen molar-refractivity contribution < 1.29 is 14.6 Å². The molecule has 0 heterocycles. The van der Waals surface area contributed by atoms with Crippen LogP contribution in [0.1, 0.15) is 25.7 Å². The summed E-state index contributed by atoms with van der Waals surface area (Å²) in [5.41, 5.74) is 0. The lowest BCUT2D eigenvalue weighted by molar-refractivity contribution is -0.121. The van der Waals surface area contributed by atoms with E-state index in [0.29, 0.717) is 42.2 Å². The van der Waals surface area contributed by atoms with E-state index in [0.717, 1.165) is 19.3 Å². The van der Waals surface area contributed by atoms with Gasteiger partial charge < -0.3 is 15.2 Å². The highest BCUT2D eigenvalue weighted by molar-refractivity contribution is 6.30. The molecule has 5 heteroatoms. The minimum absolute atomic E-state index is 0.0133. The maximum Gasteiger partial charge on any atom is 0.223 e. The van der Waals surface area contributed by atoms with Crippen LogP contribution in [0.5, 0.6) is 5.75 Å². The summed E-state index contributed by atoms with van der Waals surface area (Å²) >= 11 is 5.86. The van der Waals surface area contributed by atoms with Crippen molar-refractivity contribution in [2.24, 2.45) is 11.8 Å². The Labute approximate surface area is 130 Å². The maximum atomic E-state index is 11.8. The van der Waals surface area contributed by atoms with E-state index in [1.165, 1.54) is 0 Å². The molecule has 1 aromatic rings. The summed E-state index contributed by atoms with van der Waals surface area (Å²) in [6.45, 7) is 1.21. The number of nitrogens with one attached hydrogen (secondary N) is 1. The first-order valence-electron chi connectivity index (χ1n) is 7.45. The van der Waals surface area contributed by atoms with E-state index >= 15 is 0 Å². The Morgan fingerprint density at radius 2 is 2.19 bits per heavy atom. The van der Waals surface area contributed by atoms with Crippen molar-refractivity contribution >= 4 is 17.5 Å². The van der Waals surface area contributed by atoms with Gasteiger partial charge in [0.2, 0.25) is 5.91 Å². The highest BCUT2D eigenvalue weighted by Crippen LogP contribution is 2.30. The molecule has 1 aliphatic rings. The molecule has 116 valence electrons. The zero-order chi connectivity index (χ0) is 15.1. The lowest BCUT2D eigenvalue weighted by atomic mass is 9.97. The van der Waals surface area contributed by atoms with E-state index in [1.807, 2.05) is 12.1 Å². The van der Waals surface area contributed by atoms with Crippen LogP contribution in [0.2, 0.25) is 5.02 Å². The number of amides is 1. The number of carbonyl (C=O) groups is 1. The van der Waals surface area contributed by atoms with Gasteiger partial charge in [-0.25, -0.2) is 0 Å². The fraction of sp³-hybridized carbons (Fsp3) is 0.562. The summed E-state index contributed by atoms with van der Waals surface area (Å²) in [4.78, 5) is 11.8. The molecule has 1 fully saturated rings. The average molecular weight is 312 g/mol. The first kappa shape index (κ1) is 16.1. The van der Waals surface area contributed by atoms with Gasteiger partial charge in [0.05, 0.1) is 13.0 Å². The molecule has 2 rings (SSSR count). The standard InChI is InChI=1S/C16H22ClNO3/c17-14-5-2-6-15(9-14)21-8-7-16(20)18-10-12-3-1-4-13(12)11-19/h2,5-6,9,12-13,19H,1,3-4,7-8,10-11H2,(H,18,20). The number of rotatable bonds is 7. The lowest BCUT2D eigenvalue weighted by Crippen LogP contribution is -2.32. The van der Waals surface area contributed by atoms with Crippen molar-refractivity contribution in [3.05, 3.63) is 29.3 Å². The number of benzene rings is 1. The second kappa shape index (κ2) is 8.25. The second-order valence-corrected chi connectivity index (χ2v) is 5.93. The van der Waals surface area contributed by atoms with Crippen molar-refractivity contribution in [1.29, 1.82) is 0 Å². The van der Waals surface area contributed by atoms with Crippen LogP contribution in [-0.2, 0) is 4.79 Å². The van der Waals surface area contributed by atoms with Crippen LogP contribution in [0.4, 0.5) is 0 Å². The summed E-state index contributed by atoms with van der Waals surface area (Å²) in [5.74, 6) is 1.41. The van der Waals surface area contributed by atoms with Crippen LogP contribution in [0.25, 0.3) is 0 Å². The number of aliphatic hydroxyl groups is 1. The Morgan fingerprint density at radius 1 is 1.38 bits per heavy atom. The third kappa shape index (κ3) is 5.21. The van der Waals surface area contributed by atoms with Crippen LogP contribution < -0.4 is 10.1 Å². The molecule has 21 heavy (non-hydrogen) atoms. The molecule has 2 unspecified atom stereocenters. The highest BCUT2D eigenvalue weighted by atomic mass is 35.5. The fourth-order valence-electron chi connectivity index (χ4n) is 2.77. The number of aliphatic hydroxyl groups excluding tert-OH is 1. The Balaban J connectivity index is 1.63. The molecule has 0 saturated heterocycles. The third-order valence-electron chi connectivity index (χ3n) is 4.01. The van der Waals surface area contributed by atoms with Gasteiger partial charge in [-0.15, -0.1) is 0 Å². The van der Waals surface area contributed by atoms with Gasteiger partial charge in [-0.1, -0.05) is 24.1 Å².